The van der Waals surface area contributed by atoms with Crippen LogP contribution in [0.1, 0.15) is 29.0 Å². The van der Waals surface area contributed by atoms with Gasteiger partial charge in [0.15, 0.2) is 6.04 Å². The van der Waals surface area contributed by atoms with Gasteiger partial charge in [0.2, 0.25) is 5.78 Å². The van der Waals surface area contributed by atoms with Crippen molar-refractivity contribution < 1.29 is 14.0 Å². The first-order chi connectivity index (χ1) is 9.13. The summed E-state index contributed by atoms with van der Waals surface area (Å²) in [5, 5.41) is 2.46. The highest BCUT2D eigenvalue weighted by atomic mass is 16.5. The summed E-state index contributed by atoms with van der Waals surface area (Å²) in [6.07, 6.45) is 0.672. The van der Waals surface area contributed by atoms with Crippen molar-refractivity contribution in [3.8, 4) is 0 Å². The second-order valence-electron chi connectivity index (χ2n) is 4.37. The number of aromatic amines is 1. The normalized spacial score (nSPS) is 12.3. The van der Waals surface area contributed by atoms with Gasteiger partial charge in [0.05, 0.1) is 6.54 Å². The van der Waals surface area contributed by atoms with E-state index in [1.807, 2.05) is 37.3 Å². The van der Waals surface area contributed by atoms with Crippen molar-refractivity contribution in [3.63, 3.8) is 0 Å². The molecule has 100 valence electrons. The van der Waals surface area contributed by atoms with Crippen molar-refractivity contribution in [1.82, 2.24) is 5.27 Å². The van der Waals surface area contributed by atoms with Crippen LogP contribution in [0.25, 0.3) is 0 Å². The molecule has 0 amide bonds. The van der Waals surface area contributed by atoms with Crippen LogP contribution in [0.3, 0.4) is 0 Å². The number of hydrogen-bond donors (Lipinski definition) is 2. The molecule has 1 aromatic carbocycles. The fourth-order valence-electron chi connectivity index (χ4n) is 1.98. The summed E-state index contributed by atoms with van der Waals surface area (Å²) in [5.41, 5.74) is 5.68. The fraction of sp³-hybridized carbons (Fsp3) is 0.308. The van der Waals surface area contributed by atoms with Gasteiger partial charge in [-0.2, -0.15) is 0 Å². The molecule has 1 atom stereocenters. The summed E-state index contributed by atoms with van der Waals surface area (Å²) in [5.74, 6) is -0.435. The van der Waals surface area contributed by atoms with Gasteiger partial charge in [0, 0.05) is 13.3 Å². The summed E-state index contributed by atoms with van der Waals surface area (Å²) >= 11 is 0. The van der Waals surface area contributed by atoms with E-state index in [1.165, 1.54) is 4.68 Å². The Morgan fingerprint density at radius 1 is 1.42 bits per heavy atom. The minimum atomic E-state index is -0.685. The number of nitrogens with one attached hydrogen (secondary N) is 1. The van der Waals surface area contributed by atoms with Gasteiger partial charge >= 0.3 is 11.3 Å². The third kappa shape index (κ3) is 2.79. The zero-order valence-corrected chi connectivity index (χ0v) is 10.6. The minimum absolute atomic E-state index is 0.0362. The number of carbonyl (C=O) groups is 1. The smallest absolute Gasteiger partial charge is 0.324 e. The Labute approximate surface area is 109 Å². The van der Waals surface area contributed by atoms with Crippen molar-refractivity contribution >= 4 is 5.78 Å². The van der Waals surface area contributed by atoms with Crippen LogP contribution in [-0.4, -0.2) is 17.6 Å². The predicted molar refractivity (Wildman–Crippen MR) is 67.8 cm³/mol. The Morgan fingerprint density at radius 3 is 2.74 bits per heavy atom. The molecule has 0 fully saturated rings. The molecular weight excluding hydrogens is 246 g/mol. The summed E-state index contributed by atoms with van der Waals surface area (Å²) in [7, 11) is 0. The van der Waals surface area contributed by atoms with Crippen molar-refractivity contribution in [2.45, 2.75) is 19.4 Å². The maximum atomic E-state index is 11.6. The fourth-order valence-corrected chi connectivity index (χ4v) is 1.98. The average Bonchev–Trinajstić information content (AvgIpc) is 2.81. The van der Waals surface area contributed by atoms with Crippen LogP contribution >= 0.6 is 0 Å². The molecule has 0 radical (unpaired) electrons. The first-order valence-corrected chi connectivity index (χ1v) is 6.03. The summed E-state index contributed by atoms with van der Waals surface area (Å²) in [4.78, 5) is 23.1. The van der Waals surface area contributed by atoms with Crippen molar-refractivity contribution in [2.24, 2.45) is 5.73 Å². The first-order valence-electron chi connectivity index (χ1n) is 6.03. The molecule has 6 nitrogen and oxygen atoms in total. The zero-order valence-electron chi connectivity index (χ0n) is 10.6. The van der Waals surface area contributed by atoms with E-state index in [4.69, 9.17) is 5.73 Å². The number of ketones is 1. The Morgan fingerprint density at radius 2 is 2.11 bits per heavy atom. The Balaban J connectivity index is 2.27. The molecule has 0 unspecified atom stereocenters. The SMILES string of the molecule is C[C@@H](Cc1ccccc1)[n+]1[nH]oc(=O)c1C(=O)CN. The monoisotopic (exact) mass is 262 g/mol. The summed E-state index contributed by atoms with van der Waals surface area (Å²) < 4.78 is 6.12. The van der Waals surface area contributed by atoms with Gasteiger partial charge in [-0.15, -0.1) is 0 Å². The lowest BCUT2D eigenvalue weighted by atomic mass is 10.1. The van der Waals surface area contributed by atoms with E-state index in [1.54, 1.807) is 0 Å². The highest BCUT2D eigenvalue weighted by molar-refractivity contribution is 5.93. The van der Waals surface area contributed by atoms with E-state index in [-0.39, 0.29) is 18.3 Å². The lowest BCUT2D eigenvalue weighted by Gasteiger charge is -2.04. The van der Waals surface area contributed by atoms with E-state index in [0.717, 1.165) is 5.56 Å². The number of Topliss-reactive ketones (excluding diaryl/α,β-unsaturated/α-hetero) is 1. The van der Waals surface area contributed by atoms with Crippen LogP contribution in [0.5, 0.6) is 0 Å². The Bertz CT molecular complexity index is 616. The number of hydrogen-bond acceptors (Lipinski definition) is 4. The highest BCUT2D eigenvalue weighted by Crippen LogP contribution is 2.07. The molecular formula is C13H16N3O3+. The van der Waals surface area contributed by atoms with Crippen molar-refractivity contribution in [3.05, 3.63) is 52.0 Å². The molecule has 2 rings (SSSR count). The van der Waals surface area contributed by atoms with Crippen LogP contribution in [0.4, 0.5) is 0 Å². The molecule has 19 heavy (non-hydrogen) atoms. The van der Waals surface area contributed by atoms with Crippen LogP contribution in [-0.2, 0) is 6.42 Å². The lowest BCUT2D eigenvalue weighted by Crippen LogP contribution is -2.48. The standard InChI is InChI=1S/C13H15N3O3/c1-9(7-10-5-3-2-4-6-10)16-12(11(17)8-14)13(18)19-15-16/h2-6,9H,7-8,14H2,1H3/p+1/t9-/m0/s1. The number of nitrogens with zero attached hydrogens (tertiary/aromatic N) is 1. The maximum absolute atomic E-state index is 11.6. The maximum Gasteiger partial charge on any atom is 0.438 e. The van der Waals surface area contributed by atoms with Crippen molar-refractivity contribution in [2.75, 3.05) is 6.54 Å². The number of nitrogens with two attached hydrogens (primary N) is 1. The van der Waals surface area contributed by atoms with Gasteiger partial charge < -0.3 is 5.73 Å². The second-order valence-corrected chi connectivity index (χ2v) is 4.37. The summed E-state index contributed by atoms with van der Waals surface area (Å²) in [6, 6.07) is 9.68. The van der Waals surface area contributed by atoms with Crippen molar-refractivity contribution in [1.29, 1.82) is 0 Å². The van der Waals surface area contributed by atoms with E-state index in [2.05, 4.69) is 9.79 Å². The topological polar surface area (TPSA) is 93.0 Å². The number of H-pyrrole nitrogens is 1. The second kappa shape index (κ2) is 5.62. The average molecular weight is 262 g/mol. The minimum Gasteiger partial charge on any atom is -0.324 e. The first kappa shape index (κ1) is 13.2. The summed E-state index contributed by atoms with van der Waals surface area (Å²) in [6.45, 7) is 1.67. The molecule has 1 heterocycles. The zero-order chi connectivity index (χ0) is 13.8. The molecule has 0 aliphatic carbocycles. The van der Waals surface area contributed by atoms with E-state index in [9.17, 15) is 9.59 Å². The molecule has 1 aromatic heterocycles. The molecule has 3 N–H and O–H groups in total. The van der Waals surface area contributed by atoms with Crippen LogP contribution < -0.4 is 16.0 Å². The lowest BCUT2D eigenvalue weighted by molar-refractivity contribution is -0.783. The predicted octanol–water partition coefficient (Wildman–Crippen LogP) is 0.200. The molecule has 0 bridgehead atoms. The Kier molecular flexibility index (Phi) is 3.91. The van der Waals surface area contributed by atoms with Crippen LogP contribution in [0, 0.1) is 0 Å². The number of rotatable bonds is 5. The van der Waals surface area contributed by atoms with Crippen LogP contribution in [0.2, 0.25) is 0 Å². The van der Waals surface area contributed by atoms with E-state index in [0.29, 0.717) is 6.42 Å². The van der Waals surface area contributed by atoms with Gasteiger partial charge in [0.25, 0.3) is 0 Å². The molecule has 0 saturated heterocycles. The van der Waals surface area contributed by atoms with Crippen LogP contribution in [0.15, 0.2) is 39.6 Å². The van der Waals surface area contributed by atoms with E-state index >= 15 is 0 Å². The van der Waals surface area contributed by atoms with Gasteiger partial charge in [-0.05, 0) is 10.8 Å². The molecule has 2 aromatic rings. The van der Waals surface area contributed by atoms with E-state index < -0.39 is 11.4 Å². The number of carbonyl (C=O) groups excluding carboxylic acids is 1. The third-order valence-electron chi connectivity index (χ3n) is 2.94. The molecule has 6 heteroatoms. The number of benzene rings is 1. The van der Waals surface area contributed by atoms with Gasteiger partial charge in [-0.3, -0.25) is 9.32 Å². The number of aromatic nitrogens is 2. The molecule has 0 aliphatic heterocycles. The van der Waals surface area contributed by atoms with Gasteiger partial charge in [-0.25, -0.2) is 4.79 Å². The molecule has 0 aliphatic rings. The quantitative estimate of drug-likeness (QED) is 0.594. The third-order valence-corrected chi connectivity index (χ3v) is 2.94. The largest absolute Gasteiger partial charge is 0.438 e. The van der Waals surface area contributed by atoms with Gasteiger partial charge in [0.1, 0.15) is 0 Å². The molecule has 0 spiro atoms. The van der Waals surface area contributed by atoms with Gasteiger partial charge in [-0.1, -0.05) is 35.0 Å². The highest BCUT2D eigenvalue weighted by Gasteiger charge is 2.31. The Hall–Kier alpha value is -2.21. The molecule has 0 saturated carbocycles.